The van der Waals surface area contributed by atoms with Gasteiger partial charge in [-0.3, -0.25) is 0 Å². The number of hydrogen-bond acceptors (Lipinski definition) is 0. The lowest BCUT2D eigenvalue weighted by molar-refractivity contribution is -0.129. The van der Waals surface area contributed by atoms with Crippen LogP contribution in [0.5, 0.6) is 0 Å². The molecular weight excluding hydrogens is 240 g/mol. The van der Waals surface area contributed by atoms with Crippen LogP contribution >= 0.6 is 0 Å². The molecule has 0 aromatic rings. The van der Waals surface area contributed by atoms with Crippen LogP contribution in [0.15, 0.2) is 0 Å². The van der Waals surface area contributed by atoms with Crippen LogP contribution in [0.1, 0.15) is 64.2 Å². The van der Waals surface area contributed by atoms with E-state index in [0.29, 0.717) is 0 Å². The van der Waals surface area contributed by atoms with Crippen LogP contribution in [0.25, 0.3) is 0 Å². The first kappa shape index (κ1) is 11.6. The normalized spacial score (nSPS) is 66.0. The van der Waals surface area contributed by atoms with Crippen molar-refractivity contribution < 1.29 is 0 Å². The molecule has 0 spiro atoms. The van der Waals surface area contributed by atoms with Gasteiger partial charge < -0.3 is 0 Å². The molecule has 6 rings (SSSR count). The van der Waals surface area contributed by atoms with Crippen LogP contribution in [0.3, 0.4) is 0 Å². The highest BCUT2D eigenvalue weighted by Crippen LogP contribution is 2.69. The third-order valence-corrected chi connectivity index (χ3v) is 9.44. The Morgan fingerprint density at radius 2 is 0.600 bits per heavy atom. The molecular formula is C20H30. The van der Waals surface area contributed by atoms with Crippen LogP contribution in [-0.2, 0) is 0 Å². The molecule has 0 amide bonds. The zero-order chi connectivity index (χ0) is 12.8. The van der Waals surface area contributed by atoms with E-state index in [2.05, 4.69) is 0 Å². The molecule has 0 heteroatoms. The molecule has 6 fully saturated rings. The monoisotopic (exact) mass is 270 g/mol. The quantitative estimate of drug-likeness (QED) is 0.572. The van der Waals surface area contributed by atoms with E-state index in [9.17, 15) is 0 Å². The number of rotatable bonds is 0. The zero-order valence-electron chi connectivity index (χ0n) is 12.8. The molecule has 0 nitrogen and oxygen atoms in total. The van der Waals surface area contributed by atoms with Crippen LogP contribution in [0.2, 0.25) is 0 Å². The molecule has 6 aliphatic carbocycles. The Morgan fingerprint density at radius 1 is 0.300 bits per heavy atom. The lowest BCUT2D eigenvalue weighted by Crippen LogP contribution is -2.55. The van der Waals surface area contributed by atoms with Crippen molar-refractivity contribution in [3.8, 4) is 0 Å². The van der Waals surface area contributed by atoms with Crippen LogP contribution in [0.4, 0.5) is 0 Å². The minimum absolute atomic E-state index is 1.18. The summed E-state index contributed by atoms with van der Waals surface area (Å²) in [7, 11) is 0. The van der Waals surface area contributed by atoms with Crippen LogP contribution in [-0.4, -0.2) is 0 Å². The predicted octanol–water partition coefficient (Wildman–Crippen LogP) is 5.13. The summed E-state index contributed by atoms with van der Waals surface area (Å²) in [4.78, 5) is 0. The van der Waals surface area contributed by atoms with E-state index in [4.69, 9.17) is 0 Å². The van der Waals surface area contributed by atoms with E-state index in [0.717, 1.165) is 0 Å². The fourth-order valence-corrected chi connectivity index (χ4v) is 9.22. The van der Waals surface area contributed by atoms with Gasteiger partial charge in [-0.25, -0.2) is 0 Å². The average Bonchev–Trinajstić information content (AvgIpc) is 3.07. The molecule has 0 saturated heterocycles. The fraction of sp³-hybridized carbons (Fsp3) is 1.00. The summed E-state index contributed by atoms with van der Waals surface area (Å²) < 4.78 is 0. The summed E-state index contributed by atoms with van der Waals surface area (Å²) in [5, 5.41) is 0. The van der Waals surface area contributed by atoms with Crippen molar-refractivity contribution in [1.82, 2.24) is 0 Å². The second-order valence-corrected chi connectivity index (χ2v) is 9.65. The Labute approximate surface area is 124 Å². The van der Waals surface area contributed by atoms with E-state index in [1.807, 2.05) is 0 Å². The highest BCUT2D eigenvalue weighted by molar-refractivity contribution is 5.11. The summed E-state index contributed by atoms with van der Waals surface area (Å²) in [5.41, 5.74) is 0. The first-order chi connectivity index (χ1) is 9.90. The lowest BCUT2D eigenvalue weighted by Gasteiger charge is -2.61. The largest absolute Gasteiger partial charge is 0.0499 e. The molecule has 0 N–H and O–H groups in total. The third-order valence-electron chi connectivity index (χ3n) is 9.44. The van der Waals surface area contributed by atoms with Gasteiger partial charge in [-0.2, -0.15) is 0 Å². The second kappa shape index (κ2) is 3.85. The maximum absolute atomic E-state index is 1.67. The van der Waals surface area contributed by atoms with Gasteiger partial charge in [0.1, 0.15) is 0 Å². The minimum Gasteiger partial charge on any atom is -0.0499 e. The van der Waals surface area contributed by atoms with Gasteiger partial charge in [0.05, 0.1) is 0 Å². The van der Waals surface area contributed by atoms with Crippen LogP contribution in [0, 0.1) is 59.2 Å². The highest BCUT2D eigenvalue weighted by atomic mass is 14.7. The van der Waals surface area contributed by atoms with E-state index in [-0.39, 0.29) is 0 Å². The minimum atomic E-state index is 1.18. The SMILES string of the molecule is C1CC2CC3CCC4CCC5CC6CCC1C2C6C3C45. The molecule has 0 aromatic carbocycles. The first-order valence-electron chi connectivity index (χ1n) is 9.90. The molecule has 0 bridgehead atoms. The Bertz CT molecular complexity index is 386. The van der Waals surface area contributed by atoms with E-state index >= 15 is 0 Å². The molecule has 0 radical (unpaired) electrons. The Balaban J connectivity index is 1.47. The first-order valence-corrected chi connectivity index (χ1v) is 9.90. The fourth-order valence-electron chi connectivity index (χ4n) is 9.22. The van der Waals surface area contributed by atoms with Gasteiger partial charge in [-0.05, 0) is 123 Å². The third kappa shape index (κ3) is 1.27. The molecule has 10 unspecified atom stereocenters. The molecule has 0 aliphatic heterocycles. The van der Waals surface area contributed by atoms with Crippen molar-refractivity contribution in [3.05, 3.63) is 0 Å². The smallest absolute Gasteiger partial charge is 0.0318 e. The van der Waals surface area contributed by atoms with Crippen molar-refractivity contribution in [1.29, 1.82) is 0 Å². The lowest BCUT2D eigenvalue weighted by atomic mass is 9.44. The Kier molecular flexibility index (Phi) is 2.22. The van der Waals surface area contributed by atoms with Crippen molar-refractivity contribution in [2.45, 2.75) is 64.2 Å². The van der Waals surface area contributed by atoms with E-state index < -0.39 is 0 Å². The van der Waals surface area contributed by atoms with E-state index in [1.54, 1.807) is 64.2 Å². The maximum Gasteiger partial charge on any atom is -0.0318 e. The molecule has 0 aromatic heterocycles. The molecule has 10 atom stereocenters. The molecule has 6 aliphatic rings. The van der Waals surface area contributed by atoms with Gasteiger partial charge in [0.15, 0.2) is 0 Å². The second-order valence-electron chi connectivity index (χ2n) is 9.65. The van der Waals surface area contributed by atoms with Crippen molar-refractivity contribution in [3.63, 3.8) is 0 Å². The summed E-state index contributed by atoms with van der Waals surface area (Å²) >= 11 is 0. The van der Waals surface area contributed by atoms with Gasteiger partial charge in [0.25, 0.3) is 0 Å². The maximum atomic E-state index is 1.67. The Hall–Kier alpha value is 0. The van der Waals surface area contributed by atoms with Gasteiger partial charge in [0.2, 0.25) is 0 Å². The van der Waals surface area contributed by atoms with Gasteiger partial charge in [-0.15, -0.1) is 0 Å². The van der Waals surface area contributed by atoms with Crippen molar-refractivity contribution in [2.75, 3.05) is 0 Å². The standard InChI is InChI=1S/C20H30/c1-5-13-9-16-8-4-12-2-6-14-10-15-7-3-11(1)17(13)19(15)20(16)18(12)14/h11-20H,1-10H2. The topological polar surface area (TPSA) is 0 Å². The Morgan fingerprint density at radius 3 is 1.00 bits per heavy atom. The average molecular weight is 270 g/mol. The highest BCUT2D eigenvalue weighted by Gasteiger charge is 2.62. The van der Waals surface area contributed by atoms with Gasteiger partial charge in [0, 0.05) is 0 Å². The summed E-state index contributed by atoms with van der Waals surface area (Å²) in [6.45, 7) is 0. The predicted molar refractivity (Wildman–Crippen MR) is 81.1 cm³/mol. The number of hydrogen-bond donors (Lipinski definition) is 0. The van der Waals surface area contributed by atoms with Crippen molar-refractivity contribution in [2.24, 2.45) is 59.2 Å². The molecule has 0 heterocycles. The van der Waals surface area contributed by atoms with Gasteiger partial charge in [-0.1, -0.05) is 0 Å². The summed E-state index contributed by atoms with van der Waals surface area (Å²) in [6.07, 6.45) is 16.4. The summed E-state index contributed by atoms with van der Waals surface area (Å²) in [5.74, 6) is 12.0. The zero-order valence-corrected chi connectivity index (χ0v) is 12.8. The van der Waals surface area contributed by atoms with E-state index in [1.165, 1.54) is 59.2 Å². The molecule has 110 valence electrons. The van der Waals surface area contributed by atoms with Crippen molar-refractivity contribution >= 4 is 0 Å². The van der Waals surface area contributed by atoms with Gasteiger partial charge >= 0.3 is 0 Å². The van der Waals surface area contributed by atoms with Crippen LogP contribution < -0.4 is 0 Å². The molecule has 6 saturated carbocycles. The summed E-state index contributed by atoms with van der Waals surface area (Å²) in [6, 6.07) is 0. The molecule has 20 heavy (non-hydrogen) atoms.